The highest BCUT2D eigenvalue weighted by atomic mass is 16.2. The van der Waals surface area contributed by atoms with E-state index in [1.165, 1.54) is 0 Å². The molecule has 0 bridgehead atoms. The summed E-state index contributed by atoms with van der Waals surface area (Å²) >= 11 is 0. The molecule has 1 aliphatic rings. The third-order valence-corrected chi connectivity index (χ3v) is 4.03. The van der Waals surface area contributed by atoms with Crippen LogP contribution < -0.4 is 5.32 Å². The Labute approximate surface area is 122 Å². The number of carbonyl (C=O) groups is 1. The first kappa shape index (κ1) is 16.5. The first-order valence-electron chi connectivity index (χ1n) is 7.31. The number of nitrogens with one attached hydrogen (secondary N) is 1. The summed E-state index contributed by atoms with van der Waals surface area (Å²) in [6.45, 7) is 6.08. The average Bonchev–Trinajstić information content (AvgIpc) is 2.47. The summed E-state index contributed by atoms with van der Waals surface area (Å²) in [4.78, 5) is 16.3. The number of likely N-dealkylation sites (tertiary alicyclic amines) is 1. The SMILES string of the molecule is CCC(C)N/C=C(/C#N)C(=O)N(C)C1CCN(C)CC1. The molecule has 0 spiro atoms. The summed E-state index contributed by atoms with van der Waals surface area (Å²) in [5.74, 6) is -0.183. The van der Waals surface area contributed by atoms with Gasteiger partial charge in [0, 0.05) is 25.3 Å². The van der Waals surface area contributed by atoms with E-state index in [0.717, 1.165) is 32.4 Å². The maximum atomic E-state index is 12.3. The molecule has 1 saturated heterocycles. The summed E-state index contributed by atoms with van der Waals surface area (Å²) in [6.07, 6.45) is 4.45. The maximum absolute atomic E-state index is 12.3. The van der Waals surface area contributed by atoms with E-state index in [0.29, 0.717) is 0 Å². The minimum Gasteiger partial charge on any atom is -0.387 e. The molecule has 1 amide bonds. The van der Waals surface area contributed by atoms with E-state index in [2.05, 4.69) is 24.2 Å². The van der Waals surface area contributed by atoms with Crippen LogP contribution >= 0.6 is 0 Å². The Morgan fingerprint density at radius 2 is 2.15 bits per heavy atom. The standard InChI is InChI=1S/C15H26N4O/c1-5-12(2)17-11-13(10-16)15(20)19(4)14-6-8-18(3)9-7-14/h11-12,14,17H,5-9H2,1-4H3/b13-11-. The van der Waals surface area contributed by atoms with Crippen LogP contribution in [0.1, 0.15) is 33.1 Å². The van der Waals surface area contributed by atoms with Gasteiger partial charge in [0.15, 0.2) is 0 Å². The third-order valence-electron chi connectivity index (χ3n) is 4.03. The van der Waals surface area contributed by atoms with E-state index in [1.54, 1.807) is 18.1 Å². The highest BCUT2D eigenvalue weighted by Crippen LogP contribution is 2.15. The number of nitrogens with zero attached hydrogens (tertiary/aromatic N) is 3. The van der Waals surface area contributed by atoms with Crippen molar-refractivity contribution in [2.45, 2.75) is 45.2 Å². The number of piperidine rings is 1. The lowest BCUT2D eigenvalue weighted by atomic mass is 10.0. The van der Waals surface area contributed by atoms with E-state index >= 15 is 0 Å². The van der Waals surface area contributed by atoms with Crippen LogP contribution in [0.3, 0.4) is 0 Å². The number of hydrogen-bond donors (Lipinski definition) is 1. The smallest absolute Gasteiger partial charge is 0.265 e. The molecule has 112 valence electrons. The first-order chi connectivity index (χ1) is 9.49. The van der Waals surface area contributed by atoms with Gasteiger partial charge >= 0.3 is 0 Å². The predicted octanol–water partition coefficient (Wildman–Crippen LogP) is 1.33. The Hall–Kier alpha value is -1.54. The summed E-state index contributed by atoms with van der Waals surface area (Å²) in [7, 11) is 3.89. The van der Waals surface area contributed by atoms with Gasteiger partial charge in [0.25, 0.3) is 5.91 Å². The van der Waals surface area contributed by atoms with Gasteiger partial charge in [0.1, 0.15) is 11.6 Å². The molecular weight excluding hydrogens is 252 g/mol. The molecule has 1 fully saturated rings. The van der Waals surface area contributed by atoms with Crippen LogP contribution in [0.4, 0.5) is 0 Å². The summed E-state index contributed by atoms with van der Waals surface area (Å²) in [5, 5.41) is 12.2. The number of carbonyl (C=O) groups excluding carboxylic acids is 1. The van der Waals surface area contributed by atoms with Crippen LogP contribution in [0, 0.1) is 11.3 Å². The minimum absolute atomic E-state index is 0.183. The van der Waals surface area contributed by atoms with Gasteiger partial charge < -0.3 is 15.1 Å². The van der Waals surface area contributed by atoms with E-state index in [1.807, 2.05) is 13.0 Å². The van der Waals surface area contributed by atoms with Gasteiger partial charge in [0.05, 0.1) is 0 Å². The van der Waals surface area contributed by atoms with Crippen molar-refractivity contribution < 1.29 is 4.79 Å². The predicted molar refractivity (Wildman–Crippen MR) is 79.9 cm³/mol. The molecule has 0 aromatic rings. The first-order valence-corrected chi connectivity index (χ1v) is 7.31. The van der Waals surface area contributed by atoms with Crippen LogP contribution in [-0.2, 0) is 4.79 Å². The second-order valence-corrected chi connectivity index (χ2v) is 5.60. The monoisotopic (exact) mass is 278 g/mol. The quantitative estimate of drug-likeness (QED) is 0.609. The van der Waals surface area contributed by atoms with Crippen LogP contribution in [0.2, 0.25) is 0 Å². The number of nitriles is 1. The summed E-state index contributed by atoms with van der Waals surface area (Å²) in [5.41, 5.74) is 0.187. The van der Waals surface area contributed by atoms with Gasteiger partial charge in [0.2, 0.25) is 0 Å². The van der Waals surface area contributed by atoms with Gasteiger partial charge in [-0.05, 0) is 46.3 Å². The molecule has 1 N–H and O–H groups in total. The lowest BCUT2D eigenvalue weighted by Gasteiger charge is -2.35. The van der Waals surface area contributed by atoms with Crippen molar-refractivity contribution in [1.29, 1.82) is 5.26 Å². The zero-order valence-corrected chi connectivity index (χ0v) is 13.0. The second kappa shape index (κ2) is 7.91. The molecule has 0 aromatic heterocycles. The molecular formula is C15H26N4O. The normalized spacial score (nSPS) is 19.2. The van der Waals surface area contributed by atoms with Crippen molar-refractivity contribution in [2.24, 2.45) is 0 Å². The molecule has 1 atom stereocenters. The fraction of sp³-hybridized carbons (Fsp3) is 0.733. The van der Waals surface area contributed by atoms with Gasteiger partial charge in [-0.3, -0.25) is 4.79 Å². The van der Waals surface area contributed by atoms with Crippen molar-refractivity contribution in [3.63, 3.8) is 0 Å². The van der Waals surface area contributed by atoms with E-state index in [-0.39, 0.29) is 23.6 Å². The van der Waals surface area contributed by atoms with Crippen molar-refractivity contribution >= 4 is 5.91 Å². The lowest BCUT2D eigenvalue weighted by molar-refractivity contribution is -0.128. The number of likely N-dealkylation sites (N-methyl/N-ethyl adjacent to an activating group) is 1. The Morgan fingerprint density at radius 3 is 2.65 bits per heavy atom. The molecule has 0 saturated carbocycles. The zero-order chi connectivity index (χ0) is 15.1. The van der Waals surface area contributed by atoms with Gasteiger partial charge in [-0.15, -0.1) is 0 Å². The van der Waals surface area contributed by atoms with E-state index < -0.39 is 0 Å². The van der Waals surface area contributed by atoms with Crippen molar-refractivity contribution in [2.75, 3.05) is 27.2 Å². The largest absolute Gasteiger partial charge is 0.387 e. The molecule has 0 radical (unpaired) electrons. The van der Waals surface area contributed by atoms with E-state index in [9.17, 15) is 4.79 Å². The zero-order valence-electron chi connectivity index (χ0n) is 13.0. The maximum Gasteiger partial charge on any atom is 0.265 e. The van der Waals surface area contributed by atoms with Crippen LogP contribution in [-0.4, -0.2) is 55.0 Å². The average molecular weight is 278 g/mol. The molecule has 1 heterocycles. The molecule has 1 aliphatic heterocycles. The summed E-state index contributed by atoms with van der Waals surface area (Å²) in [6, 6.07) is 2.51. The Bertz CT molecular complexity index is 391. The van der Waals surface area contributed by atoms with Crippen LogP contribution in [0.5, 0.6) is 0 Å². The van der Waals surface area contributed by atoms with Gasteiger partial charge in [-0.25, -0.2) is 0 Å². The number of hydrogen-bond acceptors (Lipinski definition) is 4. The molecule has 5 heteroatoms. The van der Waals surface area contributed by atoms with Crippen LogP contribution in [0.15, 0.2) is 11.8 Å². The minimum atomic E-state index is -0.183. The Morgan fingerprint density at radius 1 is 1.55 bits per heavy atom. The number of rotatable bonds is 5. The van der Waals surface area contributed by atoms with Crippen molar-refractivity contribution in [1.82, 2.24) is 15.1 Å². The van der Waals surface area contributed by atoms with Gasteiger partial charge in [-0.2, -0.15) is 5.26 Å². The number of amides is 1. The molecule has 1 unspecified atom stereocenters. The van der Waals surface area contributed by atoms with Crippen molar-refractivity contribution in [3.8, 4) is 6.07 Å². The molecule has 0 aliphatic carbocycles. The molecule has 0 aromatic carbocycles. The Balaban J connectivity index is 2.64. The highest BCUT2D eigenvalue weighted by Gasteiger charge is 2.25. The lowest BCUT2D eigenvalue weighted by Crippen LogP contribution is -2.45. The summed E-state index contributed by atoms with van der Waals surface area (Å²) < 4.78 is 0. The van der Waals surface area contributed by atoms with Crippen LogP contribution in [0.25, 0.3) is 0 Å². The van der Waals surface area contributed by atoms with Crippen molar-refractivity contribution in [3.05, 3.63) is 11.8 Å². The fourth-order valence-electron chi connectivity index (χ4n) is 2.22. The molecule has 20 heavy (non-hydrogen) atoms. The fourth-order valence-corrected chi connectivity index (χ4v) is 2.22. The topological polar surface area (TPSA) is 59.4 Å². The molecule has 5 nitrogen and oxygen atoms in total. The second-order valence-electron chi connectivity index (χ2n) is 5.60. The Kier molecular flexibility index (Phi) is 6.53. The highest BCUT2D eigenvalue weighted by molar-refractivity contribution is 5.97. The molecule has 1 rings (SSSR count). The third kappa shape index (κ3) is 4.53. The van der Waals surface area contributed by atoms with Gasteiger partial charge in [-0.1, -0.05) is 6.92 Å². The van der Waals surface area contributed by atoms with E-state index in [4.69, 9.17) is 5.26 Å².